The van der Waals surface area contributed by atoms with Gasteiger partial charge >= 0.3 is 0 Å². The van der Waals surface area contributed by atoms with Crippen LogP contribution in [0.4, 0.5) is 5.69 Å². The molecule has 2 aromatic rings. The van der Waals surface area contributed by atoms with Crippen molar-refractivity contribution in [1.82, 2.24) is 4.90 Å². The quantitative estimate of drug-likeness (QED) is 0.710. The van der Waals surface area contributed by atoms with E-state index in [2.05, 4.69) is 5.32 Å². The second kappa shape index (κ2) is 6.85. The zero-order chi connectivity index (χ0) is 20.9. The summed E-state index contributed by atoms with van der Waals surface area (Å²) in [4.78, 5) is 38.6. The van der Waals surface area contributed by atoms with Gasteiger partial charge in [0.15, 0.2) is 11.5 Å². The van der Waals surface area contributed by atoms with Crippen LogP contribution in [0, 0.1) is 0 Å². The van der Waals surface area contributed by atoms with Gasteiger partial charge in [-0.15, -0.1) is 11.3 Å². The Morgan fingerprint density at radius 3 is 2.66 bits per heavy atom. The van der Waals surface area contributed by atoms with Crippen molar-refractivity contribution in [3.05, 3.63) is 39.6 Å². The zero-order valence-corrected chi connectivity index (χ0v) is 17.1. The lowest BCUT2D eigenvalue weighted by atomic mass is 10.1. The van der Waals surface area contributed by atoms with E-state index in [1.54, 1.807) is 18.2 Å². The van der Waals surface area contributed by atoms with Crippen LogP contribution in [0.5, 0.6) is 11.5 Å². The molecule has 1 unspecified atom stereocenters. The van der Waals surface area contributed by atoms with E-state index in [1.807, 2.05) is 0 Å². The second-order valence-electron chi connectivity index (χ2n) is 6.74. The molecule has 2 aliphatic rings. The summed E-state index contributed by atoms with van der Waals surface area (Å²) >= 11 is 1.03. The maximum Gasteiger partial charge on any atom is 0.272 e. The SMILES string of the molecule is CC(=O)Nc1csc2c1C(=O)N(C(CS(C)(=O)=O)c1ccc3c(c1)OCO3)C2=O. The summed E-state index contributed by atoms with van der Waals surface area (Å²) in [7, 11) is -3.55. The zero-order valence-electron chi connectivity index (χ0n) is 15.4. The molecular weight excluding hydrogens is 420 g/mol. The number of rotatable bonds is 5. The molecule has 1 aromatic heterocycles. The first-order chi connectivity index (χ1) is 13.7. The molecule has 1 aromatic carbocycles. The van der Waals surface area contributed by atoms with Crippen molar-refractivity contribution in [2.45, 2.75) is 13.0 Å². The number of carbonyl (C=O) groups is 3. The van der Waals surface area contributed by atoms with E-state index in [4.69, 9.17) is 9.47 Å². The van der Waals surface area contributed by atoms with Crippen LogP contribution in [0.2, 0.25) is 0 Å². The molecule has 0 radical (unpaired) electrons. The van der Waals surface area contributed by atoms with Crippen molar-refractivity contribution >= 4 is 44.6 Å². The molecule has 2 aliphatic heterocycles. The van der Waals surface area contributed by atoms with E-state index in [-0.39, 0.29) is 28.8 Å². The highest BCUT2D eigenvalue weighted by Gasteiger charge is 2.44. The molecular formula is C18H16N2O7S2. The van der Waals surface area contributed by atoms with Crippen LogP contribution in [0.15, 0.2) is 23.6 Å². The number of imide groups is 1. The second-order valence-corrected chi connectivity index (χ2v) is 9.80. The van der Waals surface area contributed by atoms with Crippen LogP contribution in [-0.4, -0.2) is 49.8 Å². The topological polar surface area (TPSA) is 119 Å². The molecule has 3 amide bonds. The Labute approximate surface area is 170 Å². The fourth-order valence-electron chi connectivity index (χ4n) is 3.34. The average Bonchev–Trinajstić information content (AvgIpc) is 3.30. The highest BCUT2D eigenvalue weighted by atomic mass is 32.2. The third kappa shape index (κ3) is 3.47. The summed E-state index contributed by atoms with van der Waals surface area (Å²) in [6.07, 6.45) is 1.04. The maximum absolute atomic E-state index is 13.1. The monoisotopic (exact) mass is 436 g/mol. The van der Waals surface area contributed by atoms with E-state index in [0.717, 1.165) is 22.5 Å². The van der Waals surface area contributed by atoms with Crippen LogP contribution in [0.1, 0.15) is 38.6 Å². The van der Waals surface area contributed by atoms with Crippen LogP contribution < -0.4 is 14.8 Å². The van der Waals surface area contributed by atoms with Gasteiger partial charge in [-0.1, -0.05) is 6.07 Å². The molecule has 0 aliphatic carbocycles. The Morgan fingerprint density at radius 2 is 1.97 bits per heavy atom. The highest BCUT2D eigenvalue weighted by Crippen LogP contribution is 2.41. The number of ether oxygens (including phenoxy) is 2. The van der Waals surface area contributed by atoms with Crippen LogP contribution >= 0.6 is 11.3 Å². The minimum Gasteiger partial charge on any atom is -0.454 e. The first kappa shape index (κ1) is 19.4. The largest absolute Gasteiger partial charge is 0.454 e. The molecule has 4 rings (SSSR count). The number of nitrogens with one attached hydrogen (secondary N) is 1. The van der Waals surface area contributed by atoms with E-state index < -0.39 is 33.4 Å². The minimum absolute atomic E-state index is 0.0362. The van der Waals surface area contributed by atoms with E-state index in [0.29, 0.717) is 17.1 Å². The van der Waals surface area contributed by atoms with Gasteiger partial charge in [0.1, 0.15) is 14.7 Å². The molecule has 1 atom stereocenters. The Hall–Kier alpha value is -2.92. The molecule has 0 saturated carbocycles. The third-order valence-electron chi connectivity index (χ3n) is 4.50. The lowest BCUT2D eigenvalue weighted by Crippen LogP contribution is -2.37. The lowest BCUT2D eigenvalue weighted by molar-refractivity contribution is -0.114. The number of anilines is 1. The van der Waals surface area contributed by atoms with Crippen LogP contribution in [0.25, 0.3) is 0 Å². The molecule has 1 N–H and O–H groups in total. The molecule has 152 valence electrons. The van der Waals surface area contributed by atoms with Gasteiger partial charge in [0.2, 0.25) is 12.7 Å². The van der Waals surface area contributed by atoms with Gasteiger partial charge in [-0.25, -0.2) is 8.42 Å². The smallest absolute Gasteiger partial charge is 0.272 e. The summed E-state index contributed by atoms with van der Waals surface area (Å²) in [6, 6.07) is 3.73. The molecule has 0 saturated heterocycles. The number of sulfone groups is 1. The molecule has 11 heteroatoms. The lowest BCUT2D eigenvalue weighted by Gasteiger charge is -2.26. The van der Waals surface area contributed by atoms with Gasteiger partial charge in [-0.05, 0) is 17.7 Å². The van der Waals surface area contributed by atoms with E-state index in [1.165, 1.54) is 12.3 Å². The number of carbonyl (C=O) groups excluding carboxylic acids is 3. The molecule has 29 heavy (non-hydrogen) atoms. The summed E-state index contributed by atoms with van der Waals surface area (Å²) < 4.78 is 34.8. The molecule has 0 bridgehead atoms. The number of benzene rings is 1. The van der Waals surface area contributed by atoms with Gasteiger partial charge in [-0.2, -0.15) is 0 Å². The summed E-state index contributed by atoms with van der Waals surface area (Å²) in [6.45, 7) is 1.33. The standard InChI is InChI=1S/C18H16N2O7S2/c1-9(21)19-11-6-28-16-15(11)17(22)20(18(16)23)12(7-29(2,24)25)10-3-4-13-14(5-10)27-8-26-13/h3-6,12H,7-8H2,1-2H3,(H,19,21). The highest BCUT2D eigenvalue weighted by molar-refractivity contribution is 7.90. The van der Waals surface area contributed by atoms with Crippen LogP contribution in [-0.2, 0) is 14.6 Å². The van der Waals surface area contributed by atoms with Crippen LogP contribution in [0.3, 0.4) is 0 Å². The van der Waals surface area contributed by atoms with E-state index in [9.17, 15) is 22.8 Å². The maximum atomic E-state index is 13.1. The number of thiophene rings is 1. The molecule has 0 spiro atoms. The first-order valence-corrected chi connectivity index (χ1v) is 11.4. The Kier molecular flexibility index (Phi) is 4.58. The van der Waals surface area contributed by atoms with Crippen molar-refractivity contribution in [3.8, 4) is 11.5 Å². The molecule has 9 nitrogen and oxygen atoms in total. The predicted octanol–water partition coefficient (Wildman–Crippen LogP) is 1.82. The Balaban J connectivity index is 1.77. The van der Waals surface area contributed by atoms with Gasteiger partial charge < -0.3 is 14.8 Å². The third-order valence-corrected chi connectivity index (χ3v) is 6.39. The van der Waals surface area contributed by atoms with Crippen molar-refractivity contribution in [2.75, 3.05) is 24.1 Å². The number of fused-ring (bicyclic) bond motifs is 2. The van der Waals surface area contributed by atoms with Gasteiger partial charge in [0.25, 0.3) is 11.8 Å². The number of hydrogen-bond donors (Lipinski definition) is 1. The molecule has 0 fully saturated rings. The molecule has 3 heterocycles. The fraction of sp³-hybridized carbons (Fsp3) is 0.278. The van der Waals surface area contributed by atoms with Crippen molar-refractivity contribution in [2.24, 2.45) is 0 Å². The van der Waals surface area contributed by atoms with E-state index >= 15 is 0 Å². The van der Waals surface area contributed by atoms with Crippen molar-refractivity contribution in [1.29, 1.82) is 0 Å². The van der Waals surface area contributed by atoms with Crippen molar-refractivity contribution in [3.63, 3.8) is 0 Å². The first-order valence-electron chi connectivity index (χ1n) is 8.50. The predicted molar refractivity (Wildman–Crippen MR) is 104 cm³/mol. The van der Waals surface area contributed by atoms with Crippen molar-refractivity contribution < 1.29 is 32.3 Å². The number of nitrogens with zero attached hydrogens (tertiary/aromatic N) is 1. The van der Waals surface area contributed by atoms with Gasteiger partial charge in [-0.3, -0.25) is 19.3 Å². The summed E-state index contributed by atoms with van der Waals surface area (Å²) in [5.74, 6) is -1.17. The average molecular weight is 436 g/mol. The Bertz CT molecular complexity index is 1150. The summed E-state index contributed by atoms with van der Waals surface area (Å²) in [5.41, 5.74) is 0.745. The number of hydrogen-bond acceptors (Lipinski definition) is 8. The normalized spacial score (nSPS) is 16.1. The van der Waals surface area contributed by atoms with Gasteiger partial charge in [0, 0.05) is 18.6 Å². The minimum atomic E-state index is -3.55. The fourth-order valence-corrected chi connectivity index (χ4v) is 5.18. The Morgan fingerprint density at radius 1 is 1.24 bits per heavy atom. The summed E-state index contributed by atoms with van der Waals surface area (Å²) in [5, 5.41) is 4.05. The number of amides is 3. The van der Waals surface area contributed by atoms with Gasteiger partial charge in [0.05, 0.1) is 23.0 Å².